The minimum atomic E-state index is -4.26. The predicted molar refractivity (Wildman–Crippen MR) is 148 cm³/mol. The zero-order chi connectivity index (χ0) is 31.2. The highest BCUT2D eigenvalue weighted by Crippen LogP contribution is 2.59. The van der Waals surface area contributed by atoms with Crippen LogP contribution in [0.15, 0.2) is 24.3 Å². The third-order valence-corrected chi connectivity index (χ3v) is 10.5. The summed E-state index contributed by atoms with van der Waals surface area (Å²) in [6.07, 6.45) is -0.219. The molecule has 3 heterocycles. The van der Waals surface area contributed by atoms with E-state index < -0.39 is 70.1 Å². The van der Waals surface area contributed by atoms with Gasteiger partial charge in [0, 0.05) is 25.2 Å². The standard InChI is InChI=1S/C30H33ClF3N5O4/c1-28(2,3)23(37-27(43)30(31,33)34)25(41)38-12-17-14-8-16(19(32)9-14)21(17)22(38)24(40)39-13-29(10-15(39)11-35)18-6-4-5-7-20(18)36-26(29)42/h4-7,14-17,19,21-23H,8-10,12-13H2,1-3H3,(H,36,42)(H,37,43). The van der Waals surface area contributed by atoms with Gasteiger partial charge in [0.2, 0.25) is 17.7 Å². The summed E-state index contributed by atoms with van der Waals surface area (Å²) in [6, 6.07) is 5.58. The molecule has 9 atom stereocenters. The molecule has 3 aliphatic heterocycles. The van der Waals surface area contributed by atoms with E-state index in [1.54, 1.807) is 45.0 Å². The zero-order valence-electron chi connectivity index (χ0n) is 24.0. The Balaban J connectivity index is 1.37. The number of hydrogen-bond acceptors (Lipinski definition) is 5. The zero-order valence-corrected chi connectivity index (χ0v) is 24.7. The van der Waals surface area contributed by atoms with Gasteiger partial charge in [0.05, 0.1) is 11.5 Å². The summed E-state index contributed by atoms with van der Waals surface area (Å²) in [4.78, 5) is 56.9. The third-order valence-electron chi connectivity index (χ3n) is 10.4. The Morgan fingerprint density at radius 3 is 2.51 bits per heavy atom. The van der Waals surface area contributed by atoms with E-state index in [1.165, 1.54) is 9.80 Å². The van der Waals surface area contributed by atoms with Crippen molar-refractivity contribution in [3.8, 4) is 6.07 Å². The number of alkyl halides is 4. The first-order chi connectivity index (χ1) is 20.1. The quantitative estimate of drug-likeness (QED) is 0.502. The number of rotatable bonds is 4. The van der Waals surface area contributed by atoms with Crippen LogP contribution in [0.3, 0.4) is 0 Å². The summed E-state index contributed by atoms with van der Waals surface area (Å²) in [5, 5.41) is 10.8. The van der Waals surface area contributed by atoms with Crippen LogP contribution in [0.2, 0.25) is 0 Å². The molecule has 9 nitrogen and oxygen atoms in total. The first kappa shape index (κ1) is 29.7. The number of likely N-dealkylation sites (tertiary alicyclic amines) is 2. The van der Waals surface area contributed by atoms with Crippen LogP contribution in [0.1, 0.15) is 45.6 Å². The van der Waals surface area contributed by atoms with E-state index in [2.05, 4.69) is 16.7 Å². The Labute approximate surface area is 252 Å². The molecular weight excluding hydrogens is 587 g/mol. The minimum absolute atomic E-state index is 0.0517. The maximum absolute atomic E-state index is 15.2. The molecule has 1 spiro atoms. The lowest BCUT2D eigenvalue weighted by Gasteiger charge is -2.38. The molecule has 5 aliphatic rings. The van der Waals surface area contributed by atoms with Crippen LogP contribution < -0.4 is 10.6 Å². The summed E-state index contributed by atoms with van der Waals surface area (Å²) in [6.45, 7) is 4.75. The van der Waals surface area contributed by atoms with Crippen molar-refractivity contribution in [1.29, 1.82) is 5.26 Å². The number of halogens is 4. The van der Waals surface area contributed by atoms with Gasteiger partial charge < -0.3 is 20.4 Å². The van der Waals surface area contributed by atoms with Crippen LogP contribution in [0.4, 0.5) is 18.9 Å². The van der Waals surface area contributed by atoms with Crippen molar-refractivity contribution in [2.24, 2.45) is 29.1 Å². The molecule has 43 heavy (non-hydrogen) atoms. The van der Waals surface area contributed by atoms with Gasteiger partial charge >= 0.3 is 11.3 Å². The monoisotopic (exact) mass is 619 g/mol. The fraction of sp³-hybridized carbons (Fsp3) is 0.633. The topological polar surface area (TPSA) is 123 Å². The van der Waals surface area contributed by atoms with E-state index in [4.69, 9.17) is 11.6 Å². The summed E-state index contributed by atoms with van der Waals surface area (Å²) >= 11 is 4.95. The van der Waals surface area contributed by atoms with Crippen LogP contribution in [-0.4, -0.2) is 76.2 Å². The van der Waals surface area contributed by atoms with Crippen molar-refractivity contribution < 1.29 is 32.3 Å². The number of fused-ring (bicyclic) bond motifs is 7. The average molecular weight is 620 g/mol. The molecule has 2 N–H and O–H groups in total. The molecule has 9 unspecified atom stereocenters. The predicted octanol–water partition coefficient (Wildman–Crippen LogP) is 3.18. The first-order valence-electron chi connectivity index (χ1n) is 14.5. The lowest BCUT2D eigenvalue weighted by molar-refractivity contribution is -0.150. The Morgan fingerprint density at radius 2 is 1.86 bits per heavy atom. The number of benzene rings is 1. The van der Waals surface area contributed by atoms with E-state index >= 15 is 4.39 Å². The van der Waals surface area contributed by atoms with Gasteiger partial charge in [-0.2, -0.15) is 14.0 Å². The molecule has 4 fully saturated rings. The molecule has 0 aromatic heterocycles. The molecule has 1 aromatic carbocycles. The number of nitrogens with zero attached hydrogens (tertiary/aromatic N) is 3. The van der Waals surface area contributed by atoms with Crippen molar-refractivity contribution >= 4 is 40.9 Å². The number of amides is 4. The van der Waals surface area contributed by atoms with Crippen molar-refractivity contribution in [1.82, 2.24) is 15.1 Å². The molecule has 2 saturated carbocycles. The Hall–Kier alpha value is -3.33. The van der Waals surface area contributed by atoms with Crippen molar-refractivity contribution in [2.45, 2.75) is 75.1 Å². The van der Waals surface area contributed by atoms with E-state index in [9.17, 15) is 33.2 Å². The normalized spacial score (nSPS) is 35.0. The molecule has 2 bridgehead atoms. The Morgan fingerprint density at radius 1 is 1.16 bits per heavy atom. The van der Waals surface area contributed by atoms with Gasteiger partial charge in [0.25, 0.3) is 0 Å². The highest BCUT2D eigenvalue weighted by atomic mass is 35.5. The van der Waals surface area contributed by atoms with Gasteiger partial charge in [-0.25, -0.2) is 4.39 Å². The largest absolute Gasteiger partial charge is 0.399 e. The molecule has 4 amide bonds. The van der Waals surface area contributed by atoms with E-state index in [0.29, 0.717) is 24.1 Å². The second-order valence-electron chi connectivity index (χ2n) is 13.8. The van der Waals surface area contributed by atoms with Crippen molar-refractivity contribution in [3.63, 3.8) is 0 Å². The number of nitriles is 1. The highest BCUT2D eigenvalue weighted by Gasteiger charge is 2.65. The minimum Gasteiger partial charge on any atom is -0.337 e. The molecule has 0 radical (unpaired) electrons. The summed E-state index contributed by atoms with van der Waals surface area (Å²) in [7, 11) is 0. The fourth-order valence-electron chi connectivity index (χ4n) is 8.43. The third kappa shape index (κ3) is 4.49. The number of hydrogen-bond donors (Lipinski definition) is 2. The number of para-hydroxylation sites is 1. The van der Waals surface area contributed by atoms with Gasteiger partial charge in [0.15, 0.2) is 0 Å². The van der Waals surface area contributed by atoms with Crippen molar-refractivity contribution in [3.05, 3.63) is 29.8 Å². The molecule has 1 aromatic rings. The average Bonchev–Trinajstić information content (AvgIpc) is 3.72. The smallest absolute Gasteiger partial charge is 0.337 e. The maximum Gasteiger partial charge on any atom is 0.399 e. The van der Waals surface area contributed by atoms with Gasteiger partial charge in [-0.3, -0.25) is 19.2 Å². The summed E-state index contributed by atoms with van der Waals surface area (Å²) in [5.41, 5.74) is -0.941. The fourth-order valence-corrected chi connectivity index (χ4v) is 8.49. The van der Waals surface area contributed by atoms with E-state index in [1.807, 2.05) is 0 Å². The molecular formula is C30H33ClF3N5O4. The van der Waals surface area contributed by atoms with Crippen molar-refractivity contribution in [2.75, 3.05) is 18.4 Å². The number of anilines is 1. The van der Waals surface area contributed by atoms with Crippen LogP contribution in [0.25, 0.3) is 0 Å². The lowest BCUT2D eigenvalue weighted by Crippen LogP contribution is -2.60. The van der Waals surface area contributed by atoms with E-state index in [0.717, 1.165) is 0 Å². The van der Waals surface area contributed by atoms with Crippen LogP contribution >= 0.6 is 11.6 Å². The first-order valence-corrected chi connectivity index (χ1v) is 14.9. The van der Waals surface area contributed by atoms with Crippen LogP contribution in [0.5, 0.6) is 0 Å². The Kier molecular flexibility index (Phi) is 6.80. The van der Waals surface area contributed by atoms with Gasteiger partial charge in [0.1, 0.15) is 24.3 Å². The molecule has 230 valence electrons. The number of carbonyl (C=O) groups excluding carboxylic acids is 4. The summed E-state index contributed by atoms with van der Waals surface area (Å²) < 4.78 is 42.5. The van der Waals surface area contributed by atoms with Crippen LogP contribution in [-0.2, 0) is 24.6 Å². The highest BCUT2D eigenvalue weighted by molar-refractivity contribution is 6.32. The maximum atomic E-state index is 15.2. The van der Waals surface area contributed by atoms with E-state index in [-0.39, 0.29) is 37.3 Å². The second kappa shape index (κ2) is 9.84. The second-order valence-corrected chi connectivity index (χ2v) is 14.2. The lowest BCUT2D eigenvalue weighted by atomic mass is 9.77. The molecule has 6 rings (SSSR count). The number of nitrogens with one attached hydrogen (secondary N) is 2. The SMILES string of the molecule is CC(C)(C)C(NC(=O)C(F)(F)Cl)C(=O)N1CC2C3CC(F)C(C3)C2C1C(=O)N1CC2(CC1C#N)C(=O)Nc1ccccc12. The number of carbonyl (C=O) groups is 4. The van der Waals surface area contributed by atoms with Gasteiger partial charge in [-0.05, 0) is 65.2 Å². The van der Waals surface area contributed by atoms with Gasteiger partial charge in [-0.1, -0.05) is 39.0 Å². The molecule has 2 saturated heterocycles. The molecule has 2 aliphatic carbocycles. The Bertz CT molecular complexity index is 1440. The van der Waals surface area contributed by atoms with Crippen LogP contribution in [0, 0.1) is 40.4 Å². The molecule has 13 heteroatoms. The van der Waals surface area contributed by atoms with Gasteiger partial charge in [-0.15, -0.1) is 0 Å². The summed E-state index contributed by atoms with van der Waals surface area (Å²) in [5.74, 6) is -4.79.